The van der Waals surface area contributed by atoms with Crippen molar-refractivity contribution in [2.45, 2.75) is 26.7 Å². The second kappa shape index (κ2) is 6.52. The van der Waals surface area contributed by atoms with Gasteiger partial charge in [-0.2, -0.15) is 4.98 Å². The third-order valence-corrected chi connectivity index (χ3v) is 4.04. The van der Waals surface area contributed by atoms with E-state index in [4.69, 9.17) is 4.74 Å². The first-order chi connectivity index (χ1) is 9.13. The van der Waals surface area contributed by atoms with E-state index in [-0.39, 0.29) is 5.41 Å². The molecule has 1 aromatic heterocycles. The molecule has 1 fully saturated rings. The number of hydrogen-bond donors (Lipinski definition) is 2. The maximum Gasteiger partial charge on any atom is 0.224 e. The number of aromatic nitrogens is 2. The molecule has 2 heterocycles. The monoisotopic (exact) mass is 328 g/mol. The third-order valence-electron chi connectivity index (χ3n) is 3.46. The fourth-order valence-corrected chi connectivity index (χ4v) is 2.40. The number of nitrogens with one attached hydrogen (secondary N) is 2. The van der Waals surface area contributed by atoms with Gasteiger partial charge in [0.2, 0.25) is 5.95 Å². The highest BCUT2D eigenvalue weighted by atomic mass is 79.9. The molecule has 0 atom stereocenters. The average molecular weight is 329 g/mol. The van der Waals surface area contributed by atoms with Crippen LogP contribution in [0.3, 0.4) is 0 Å². The van der Waals surface area contributed by atoms with Gasteiger partial charge in [-0.15, -0.1) is 0 Å². The minimum Gasteiger partial charge on any atom is -0.381 e. The van der Waals surface area contributed by atoms with Crippen LogP contribution >= 0.6 is 15.9 Å². The molecule has 1 saturated heterocycles. The van der Waals surface area contributed by atoms with Crippen molar-refractivity contribution >= 4 is 27.7 Å². The lowest BCUT2D eigenvalue weighted by molar-refractivity contribution is 0.0299. The molecule has 2 N–H and O–H groups in total. The summed E-state index contributed by atoms with van der Waals surface area (Å²) in [7, 11) is 0. The van der Waals surface area contributed by atoms with Crippen LogP contribution in [-0.2, 0) is 4.74 Å². The van der Waals surface area contributed by atoms with Gasteiger partial charge in [0.15, 0.2) is 0 Å². The molecular formula is C13H21BrN4O. The van der Waals surface area contributed by atoms with Crippen LogP contribution in [0.2, 0.25) is 0 Å². The molecule has 1 aliphatic rings. The van der Waals surface area contributed by atoms with Crippen LogP contribution in [-0.4, -0.2) is 36.3 Å². The van der Waals surface area contributed by atoms with E-state index in [1.54, 1.807) is 6.20 Å². The van der Waals surface area contributed by atoms with E-state index >= 15 is 0 Å². The van der Waals surface area contributed by atoms with Crippen molar-refractivity contribution in [2.24, 2.45) is 5.41 Å². The molecule has 0 bridgehead atoms. The molecule has 106 valence electrons. The topological polar surface area (TPSA) is 59.1 Å². The number of nitrogens with zero attached hydrogens (tertiary/aromatic N) is 2. The van der Waals surface area contributed by atoms with E-state index in [0.29, 0.717) is 5.95 Å². The Hall–Kier alpha value is -0.880. The molecule has 0 aliphatic carbocycles. The van der Waals surface area contributed by atoms with E-state index in [1.165, 1.54) is 0 Å². The molecule has 0 unspecified atom stereocenters. The van der Waals surface area contributed by atoms with Gasteiger partial charge in [-0.25, -0.2) is 4.98 Å². The first-order valence-corrected chi connectivity index (χ1v) is 7.50. The van der Waals surface area contributed by atoms with Crippen molar-refractivity contribution in [3.05, 3.63) is 10.7 Å². The van der Waals surface area contributed by atoms with Gasteiger partial charge in [0.05, 0.1) is 4.47 Å². The summed E-state index contributed by atoms with van der Waals surface area (Å²) in [4.78, 5) is 8.68. The van der Waals surface area contributed by atoms with Crippen LogP contribution in [0.1, 0.15) is 26.7 Å². The smallest absolute Gasteiger partial charge is 0.224 e. The van der Waals surface area contributed by atoms with Gasteiger partial charge in [-0.05, 0) is 41.1 Å². The fourth-order valence-electron chi connectivity index (χ4n) is 2.07. The molecule has 5 nitrogen and oxygen atoms in total. The molecule has 1 aliphatic heterocycles. The summed E-state index contributed by atoms with van der Waals surface area (Å²) in [5.74, 6) is 1.50. The van der Waals surface area contributed by atoms with Crippen LogP contribution in [0.15, 0.2) is 10.7 Å². The predicted octanol–water partition coefficient (Wildman–Crippen LogP) is 2.90. The Labute approximate surface area is 122 Å². The fraction of sp³-hybridized carbons (Fsp3) is 0.692. The van der Waals surface area contributed by atoms with Gasteiger partial charge >= 0.3 is 0 Å². The SMILES string of the molecule is CCNc1ncc(Br)c(NCC2(C)CCOCC2)n1. The predicted molar refractivity (Wildman–Crippen MR) is 80.5 cm³/mol. The van der Waals surface area contributed by atoms with E-state index in [9.17, 15) is 0 Å². The summed E-state index contributed by atoms with van der Waals surface area (Å²) < 4.78 is 6.31. The van der Waals surface area contributed by atoms with Crippen molar-refractivity contribution in [1.29, 1.82) is 0 Å². The van der Waals surface area contributed by atoms with Crippen LogP contribution < -0.4 is 10.6 Å². The number of anilines is 2. The van der Waals surface area contributed by atoms with Crippen LogP contribution in [0, 0.1) is 5.41 Å². The largest absolute Gasteiger partial charge is 0.381 e. The summed E-state index contributed by atoms with van der Waals surface area (Å²) in [5, 5.41) is 6.55. The van der Waals surface area contributed by atoms with Crippen molar-refractivity contribution in [3.8, 4) is 0 Å². The molecule has 1 aromatic rings. The Bertz CT molecular complexity index is 421. The highest BCUT2D eigenvalue weighted by Crippen LogP contribution is 2.30. The normalized spacial score (nSPS) is 18.1. The molecule has 0 spiro atoms. The van der Waals surface area contributed by atoms with E-state index in [2.05, 4.69) is 43.5 Å². The Morgan fingerprint density at radius 2 is 2.11 bits per heavy atom. The Kier molecular flexibility index (Phi) is 4.99. The van der Waals surface area contributed by atoms with Gasteiger partial charge in [-0.3, -0.25) is 0 Å². The van der Waals surface area contributed by atoms with Crippen LogP contribution in [0.5, 0.6) is 0 Å². The lowest BCUT2D eigenvalue weighted by atomic mass is 9.82. The van der Waals surface area contributed by atoms with Gasteiger partial charge < -0.3 is 15.4 Å². The van der Waals surface area contributed by atoms with Gasteiger partial charge in [0.25, 0.3) is 0 Å². The lowest BCUT2D eigenvalue weighted by Crippen LogP contribution is -2.33. The number of rotatable bonds is 5. The maximum atomic E-state index is 5.42. The van der Waals surface area contributed by atoms with Gasteiger partial charge in [0, 0.05) is 32.5 Å². The van der Waals surface area contributed by atoms with Crippen molar-refractivity contribution in [3.63, 3.8) is 0 Å². The summed E-state index contributed by atoms with van der Waals surface area (Å²) in [6.07, 6.45) is 3.95. The zero-order chi connectivity index (χ0) is 13.7. The van der Waals surface area contributed by atoms with Crippen molar-refractivity contribution in [2.75, 3.05) is 36.9 Å². The molecule has 2 rings (SSSR count). The van der Waals surface area contributed by atoms with E-state index in [0.717, 1.165) is 49.4 Å². The minimum atomic E-state index is 0.279. The number of halogens is 1. The van der Waals surface area contributed by atoms with Crippen molar-refractivity contribution in [1.82, 2.24) is 9.97 Å². The highest BCUT2D eigenvalue weighted by Gasteiger charge is 2.27. The second-order valence-electron chi connectivity index (χ2n) is 5.20. The van der Waals surface area contributed by atoms with Crippen LogP contribution in [0.4, 0.5) is 11.8 Å². The maximum absolute atomic E-state index is 5.42. The second-order valence-corrected chi connectivity index (χ2v) is 6.05. The molecule has 0 amide bonds. The number of hydrogen-bond acceptors (Lipinski definition) is 5. The molecule has 0 radical (unpaired) electrons. The Morgan fingerprint density at radius 3 is 2.79 bits per heavy atom. The van der Waals surface area contributed by atoms with Gasteiger partial charge in [0.1, 0.15) is 5.82 Å². The molecule has 6 heteroatoms. The molecule has 0 saturated carbocycles. The quantitative estimate of drug-likeness (QED) is 0.870. The average Bonchev–Trinajstić information content (AvgIpc) is 2.41. The Morgan fingerprint density at radius 1 is 1.37 bits per heavy atom. The summed E-state index contributed by atoms with van der Waals surface area (Å²) >= 11 is 3.48. The minimum absolute atomic E-state index is 0.279. The molecule has 0 aromatic carbocycles. The highest BCUT2D eigenvalue weighted by molar-refractivity contribution is 9.10. The molecular weight excluding hydrogens is 308 g/mol. The van der Waals surface area contributed by atoms with E-state index in [1.807, 2.05) is 6.92 Å². The molecule has 19 heavy (non-hydrogen) atoms. The zero-order valence-electron chi connectivity index (χ0n) is 11.5. The summed E-state index contributed by atoms with van der Waals surface area (Å²) in [6, 6.07) is 0. The lowest BCUT2D eigenvalue weighted by Gasteiger charge is -2.33. The summed E-state index contributed by atoms with van der Waals surface area (Å²) in [5.41, 5.74) is 0.279. The van der Waals surface area contributed by atoms with Crippen molar-refractivity contribution < 1.29 is 4.74 Å². The first-order valence-electron chi connectivity index (χ1n) is 6.71. The first kappa shape index (κ1) is 14.5. The number of ether oxygens (including phenoxy) is 1. The Balaban J connectivity index is 1.99. The van der Waals surface area contributed by atoms with Crippen LogP contribution in [0.25, 0.3) is 0 Å². The van der Waals surface area contributed by atoms with E-state index < -0.39 is 0 Å². The standard InChI is InChI=1S/C13H21BrN4O/c1-3-15-12-16-8-10(14)11(18-12)17-9-13(2)4-6-19-7-5-13/h8H,3-7,9H2,1-2H3,(H2,15,16,17,18). The third kappa shape index (κ3) is 4.04. The van der Waals surface area contributed by atoms with Gasteiger partial charge in [-0.1, -0.05) is 6.92 Å². The summed E-state index contributed by atoms with van der Waals surface area (Å²) in [6.45, 7) is 7.75. The zero-order valence-corrected chi connectivity index (χ0v) is 13.1.